The molecule has 0 radical (unpaired) electrons. The van der Waals surface area contributed by atoms with Crippen LogP contribution in [0.2, 0.25) is 0 Å². The number of aliphatic hydroxyl groups excluding tert-OH is 1. The van der Waals surface area contributed by atoms with E-state index in [0.717, 1.165) is 5.52 Å². The number of amides is 2. The van der Waals surface area contributed by atoms with E-state index in [4.69, 9.17) is 0 Å². The number of thioether (sulfide) groups is 1. The summed E-state index contributed by atoms with van der Waals surface area (Å²) in [5, 5.41) is 28.5. The van der Waals surface area contributed by atoms with Gasteiger partial charge in [0.25, 0.3) is 0 Å². The number of aliphatic carboxylic acids is 1. The summed E-state index contributed by atoms with van der Waals surface area (Å²) in [5.74, 6) is -3.38. The summed E-state index contributed by atoms with van der Waals surface area (Å²) in [5.41, 5.74) is 1.47. The van der Waals surface area contributed by atoms with Crippen molar-refractivity contribution in [1.82, 2.24) is 24.8 Å². The average molecular weight is 514 g/mol. The summed E-state index contributed by atoms with van der Waals surface area (Å²) in [7, 11) is 0. The topological polar surface area (TPSA) is 129 Å². The first-order valence-electron chi connectivity index (χ1n) is 12.3. The van der Waals surface area contributed by atoms with E-state index >= 15 is 0 Å². The molecule has 11 heteroatoms. The van der Waals surface area contributed by atoms with E-state index in [-0.39, 0.29) is 42.8 Å². The van der Waals surface area contributed by atoms with Gasteiger partial charge in [-0.2, -0.15) is 0 Å². The smallest absolute Gasteiger partial charge is 0.308 e. The summed E-state index contributed by atoms with van der Waals surface area (Å²) in [6.07, 6.45) is 2.85. The summed E-state index contributed by atoms with van der Waals surface area (Å²) in [6, 6.07) is 5.97. The van der Waals surface area contributed by atoms with Gasteiger partial charge in [0, 0.05) is 11.8 Å². The van der Waals surface area contributed by atoms with E-state index in [9.17, 15) is 24.6 Å². The van der Waals surface area contributed by atoms with E-state index in [0.29, 0.717) is 18.4 Å². The zero-order chi connectivity index (χ0) is 25.8. The van der Waals surface area contributed by atoms with E-state index in [1.165, 1.54) is 16.7 Å². The quantitative estimate of drug-likeness (QED) is 0.484. The van der Waals surface area contributed by atoms with E-state index in [1.54, 1.807) is 15.7 Å². The lowest BCUT2D eigenvalue weighted by Crippen LogP contribution is -2.58. The number of aromatic nitrogens is 3. The number of para-hydroxylation sites is 1. The normalized spacial score (nSPS) is 29.7. The molecule has 3 fully saturated rings. The molecule has 2 aromatic rings. The Labute approximate surface area is 213 Å². The SMILES string of the molecule is C=CCN(Cn1nnc2ccccc21)C(=O)C1N([C@@H](CO)C(C)C)C(=O)[C@@H]2[C@H](C(=O)O)[C@@H]3CCC12S3. The molecule has 2 bridgehead atoms. The molecule has 2 N–H and O–H groups in total. The summed E-state index contributed by atoms with van der Waals surface area (Å²) in [4.78, 5) is 43.6. The fourth-order valence-corrected chi connectivity index (χ4v) is 8.55. The minimum Gasteiger partial charge on any atom is -0.481 e. The maximum absolute atomic E-state index is 14.4. The minimum absolute atomic E-state index is 0.104. The number of carbonyl (C=O) groups is 3. The molecule has 0 aliphatic carbocycles. The molecule has 1 aromatic heterocycles. The monoisotopic (exact) mass is 513 g/mol. The molecular weight excluding hydrogens is 482 g/mol. The number of hydrogen-bond acceptors (Lipinski definition) is 7. The van der Waals surface area contributed by atoms with Crippen LogP contribution in [0.15, 0.2) is 36.9 Å². The average Bonchev–Trinajstić information content (AvgIpc) is 3.59. The third-order valence-corrected chi connectivity index (χ3v) is 9.91. The van der Waals surface area contributed by atoms with Crippen LogP contribution in [0, 0.1) is 17.8 Å². The molecule has 1 aromatic carbocycles. The van der Waals surface area contributed by atoms with Gasteiger partial charge >= 0.3 is 5.97 Å². The van der Waals surface area contributed by atoms with Gasteiger partial charge < -0.3 is 20.0 Å². The molecule has 36 heavy (non-hydrogen) atoms. The molecule has 3 aliphatic heterocycles. The molecule has 2 unspecified atom stereocenters. The Morgan fingerprint density at radius 3 is 2.78 bits per heavy atom. The first-order valence-corrected chi connectivity index (χ1v) is 13.1. The molecule has 10 nitrogen and oxygen atoms in total. The Bertz CT molecular complexity index is 1220. The Hall–Kier alpha value is -2.92. The number of likely N-dealkylation sites (tertiary alicyclic amines) is 1. The van der Waals surface area contributed by atoms with Gasteiger partial charge in [-0.25, -0.2) is 4.68 Å². The van der Waals surface area contributed by atoms with Crippen LogP contribution < -0.4 is 0 Å². The summed E-state index contributed by atoms with van der Waals surface area (Å²) >= 11 is 1.48. The fraction of sp³-hybridized carbons (Fsp3) is 0.560. The number of benzene rings is 1. The van der Waals surface area contributed by atoms with Gasteiger partial charge in [0.15, 0.2) is 0 Å². The molecule has 0 saturated carbocycles. The molecule has 6 atom stereocenters. The van der Waals surface area contributed by atoms with Crippen LogP contribution in [0.5, 0.6) is 0 Å². The Morgan fingerprint density at radius 1 is 1.36 bits per heavy atom. The van der Waals surface area contributed by atoms with Crippen LogP contribution in [0.1, 0.15) is 26.7 Å². The summed E-state index contributed by atoms with van der Waals surface area (Å²) in [6.45, 7) is 7.62. The second-order valence-electron chi connectivity index (χ2n) is 10.2. The lowest BCUT2D eigenvalue weighted by Gasteiger charge is -2.40. The molecular formula is C25H31N5O5S. The molecule has 2 amide bonds. The number of carboxylic acids is 1. The van der Waals surface area contributed by atoms with Crippen LogP contribution in [-0.2, 0) is 21.1 Å². The Kier molecular flexibility index (Phi) is 6.32. The third-order valence-electron chi connectivity index (χ3n) is 7.96. The van der Waals surface area contributed by atoms with Gasteiger partial charge in [-0.3, -0.25) is 14.4 Å². The van der Waals surface area contributed by atoms with Gasteiger partial charge in [-0.05, 0) is 30.9 Å². The zero-order valence-electron chi connectivity index (χ0n) is 20.4. The van der Waals surface area contributed by atoms with Crippen molar-refractivity contribution in [3.8, 4) is 0 Å². The number of hydrogen-bond donors (Lipinski definition) is 2. The molecule has 1 spiro atoms. The van der Waals surface area contributed by atoms with E-state index in [1.807, 2.05) is 38.1 Å². The Morgan fingerprint density at radius 2 is 2.11 bits per heavy atom. The number of carboxylic acid groups (broad SMARTS) is 1. The third kappa shape index (κ3) is 3.54. The second kappa shape index (κ2) is 9.19. The molecule has 192 valence electrons. The molecule has 5 rings (SSSR count). The van der Waals surface area contributed by atoms with Crippen molar-refractivity contribution < 1.29 is 24.6 Å². The van der Waals surface area contributed by atoms with Gasteiger partial charge in [-0.1, -0.05) is 37.3 Å². The van der Waals surface area contributed by atoms with Crippen LogP contribution in [0.25, 0.3) is 11.0 Å². The van der Waals surface area contributed by atoms with Gasteiger partial charge in [0.2, 0.25) is 11.8 Å². The highest BCUT2D eigenvalue weighted by Gasteiger charge is 2.74. The van der Waals surface area contributed by atoms with E-state index < -0.39 is 34.6 Å². The van der Waals surface area contributed by atoms with Crippen LogP contribution in [0.3, 0.4) is 0 Å². The largest absolute Gasteiger partial charge is 0.481 e. The van der Waals surface area contributed by atoms with Crippen molar-refractivity contribution in [2.45, 2.75) is 55.4 Å². The lowest BCUT2D eigenvalue weighted by molar-refractivity contribution is -0.150. The highest BCUT2D eigenvalue weighted by molar-refractivity contribution is 8.02. The van der Waals surface area contributed by atoms with Crippen LogP contribution >= 0.6 is 11.8 Å². The van der Waals surface area contributed by atoms with Crippen LogP contribution in [-0.4, -0.2) is 88.0 Å². The predicted octanol–water partition coefficient (Wildman–Crippen LogP) is 1.60. The van der Waals surface area contributed by atoms with Gasteiger partial charge in [0.1, 0.15) is 18.2 Å². The number of aliphatic hydroxyl groups is 1. The van der Waals surface area contributed by atoms with E-state index in [2.05, 4.69) is 16.9 Å². The highest BCUT2D eigenvalue weighted by Crippen LogP contribution is 2.66. The summed E-state index contributed by atoms with van der Waals surface area (Å²) < 4.78 is 0.798. The van der Waals surface area contributed by atoms with Crippen molar-refractivity contribution in [3.05, 3.63) is 36.9 Å². The van der Waals surface area contributed by atoms with Crippen LogP contribution in [0.4, 0.5) is 0 Å². The van der Waals surface area contributed by atoms with Crippen molar-refractivity contribution in [2.24, 2.45) is 17.8 Å². The van der Waals surface area contributed by atoms with Crippen molar-refractivity contribution in [3.63, 3.8) is 0 Å². The fourth-order valence-electron chi connectivity index (χ4n) is 6.36. The Balaban J connectivity index is 1.57. The maximum Gasteiger partial charge on any atom is 0.308 e. The number of rotatable bonds is 9. The number of fused-ring (bicyclic) bond motifs is 2. The molecule has 3 saturated heterocycles. The predicted molar refractivity (Wildman–Crippen MR) is 134 cm³/mol. The lowest BCUT2D eigenvalue weighted by atomic mass is 9.71. The van der Waals surface area contributed by atoms with Crippen molar-refractivity contribution in [1.29, 1.82) is 0 Å². The minimum atomic E-state index is -0.998. The van der Waals surface area contributed by atoms with Gasteiger partial charge in [0.05, 0.1) is 34.7 Å². The standard InChI is InChI=1S/C25H31N5O5S/c1-4-11-28(13-29-16-8-6-5-7-15(16)26-27-29)23(33)21-25-10-9-18(36-25)19(24(34)35)20(25)22(32)30(21)17(12-31)14(2)3/h4-8,14,17-21,31H,1,9-13H2,2-3H3,(H,34,35)/t17-,18-,19+,20-,21?,25?/m0/s1. The first kappa shape index (κ1) is 24.8. The first-order chi connectivity index (χ1) is 17.2. The van der Waals surface area contributed by atoms with Gasteiger partial charge in [-0.15, -0.1) is 23.4 Å². The maximum atomic E-state index is 14.4. The zero-order valence-corrected chi connectivity index (χ0v) is 21.2. The van der Waals surface area contributed by atoms with Crippen molar-refractivity contribution >= 4 is 40.6 Å². The second-order valence-corrected chi connectivity index (χ2v) is 11.8. The molecule has 4 heterocycles. The highest BCUT2D eigenvalue weighted by atomic mass is 32.2. The van der Waals surface area contributed by atoms with Crippen molar-refractivity contribution in [2.75, 3.05) is 13.2 Å². The molecule has 3 aliphatic rings. The number of nitrogens with zero attached hydrogens (tertiary/aromatic N) is 5. The number of carbonyl (C=O) groups excluding carboxylic acids is 2.